The minimum absolute atomic E-state index is 0.0742. The molecule has 0 aliphatic carbocycles. The van der Waals surface area contributed by atoms with Gasteiger partial charge in [-0.1, -0.05) is 18.3 Å². The Kier molecular flexibility index (Phi) is 4.89. The normalized spacial score (nSPS) is 11.9. The van der Waals surface area contributed by atoms with Crippen molar-refractivity contribution in [1.29, 1.82) is 0 Å². The van der Waals surface area contributed by atoms with Crippen LogP contribution in [-0.2, 0) is 4.79 Å². The molecule has 0 aliphatic heterocycles. The van der Waals surface area contributed by atoms with Gasteiger partial charge < -0.3 is 16.8 Å². The molecule has 6 heteroatoms. The van der Waals surface area contributed by atoms with Crippen molar-refractivity contribution in [2.24, 2.45) is 11.5 Å². The van der Waals surface area contributed by atoms with Gasteiger partial charge in [-0.05, 0) is 35.0 Å². The van der Waals surface area contributed by atoms with Crippen LogP contribution < -0.4 is 16.8 Å². The predicted molar refractivity (Wildman–Crippen MR) is 76.9 cm³/mol. The van der Waals surface area contributed by atoms with Gasteiger partial charge in [0, 0.05) is 28.2 Å². The average Bonchev–Trinajstić information content (AvgIpc) is 2.15. The van der Waals surface area contributed by atoms with Crippen LogP contribution in [-0.4, -0.2) is 16.9 Å². The first-order chi connectivity index (χ1) is 7.91. The third-order valence-electron chi connectivity index (χ3n) is 2.17. The topological polar surface area (TPSA) is 81.1 Å². The molecule has 0 saturated heterocycles. The second-order valence-electron chi connectivity index (χ2n) is 3.74. The lowest BCUT2D eigenvalue weighted by Crippen LogP contribution is -2.25. The Morgan fingerprint density at radius 2 is 2.18 bits per heavy atom. The molecule has 5 N–H and O–H groups in total. The number of thiocarbonyl (C=S) groups is 1. The van der Waals surface area contributed by atoms with E-state index in [1.54, 1.807) is 0 Å². The van der Waals surface area contributed by atoms with E-state index in [0.29, 0.717) is 4.99 Å². The Morgan fingerprint density at radius 1 is 1.53 bits per heavy atom. The molecule has 0 fully saturated rings. The van der Waals surface area contributed by atoms with Crippen LogP contribution in [0.5, 0.6) is 0 Å². The number of carbonyl (C=O) groups is 1. The standard InChI is InChI=1S/C11H14BrN3OS/c1-6(5-9(13)16)15-8-4-2-3-7(12)10(8)11(14)17/h2-4,6,15H,5H2,1H3,(H2,13,16)(H2,14,17). The molecule has 0 radical (unpaired) electrons. The Bertz CT molecular complexity index is 450. The number of anilines is 1. The van der Waals surface area contributed by atoms with E-state index in [4.69, 9.17) is 23.7 Å². The molecule has 4 nitrogen and oxygen atoms in total. The Hall–Kier alpha value is -1.14. The molecule has 0 spiro atoms. The maximum atomic E-state index is 10.8. The van der Waals surface area contributed by atoms with Crippen molar-refractivity contribution in [3.05, 3.63) is 28.2 Å². The highest BCUT2D eigenvalue weighted by Crippen LogP contribution is 2.25. The number of amides is 1. The first kappa shape index (κ1) is 13.9. The van der Waals surface area contributed by atoms with E-state index in [1.165, 1.54) is 0 Å². The second-order valence-corrected chi connectivity index (χ2v) is 5.04. The number of hydrogen-bond acceptors (Lipinski definition) is 3. The number of halogens is 1. The Balaban J connectivity index is 2.94. The van der Waals surface area contributed by atoms with Crippen LogP contribution in [0.2, 0.25) is 0 Å². The van der Waals surface area contributed by atoms with E-state index in [9.17, 15) is 4.79 Å². The van der Waals surface area contributed by atoms with Crippen molar-refractivity contribution < 1.29 is 4.79 Å². The lowest BCUT2D eigenvalue weighted by atomic mass is 10.1. The molecular formula is C11H14BrN3OS. The lowest BCUT2D eigenvalue weighted by molar-refractivity contribution is -0.118. The van der Waals surface area contributed by atoms with Crippen LogP contribution in [0.15, 0.2) is 22.7 Å². The number of benzene rings is 1. The van der Waals surface area contributed by atoms with Gasteiger partial charge in [0.25, 0.3) is 0 Å². The minimum atomic E-state index is -0.350. The highest BCUT2D eigenvalue weighted by atomic mass is 79.9. The van der Waals surface area contributed by atoms with Crippen LogP contribution in [0.1, 0.15) is 18.9 Å². The van der Waals surface area contributed by atoms with Crippen LogP contribution in [0, 0.1) is 0 Å². The summed E-state index contributed by atoms with van der Waals surface area (Å²) in [5, 5.41) is 3.17. The molecule has 0 bridgehead atoms. The van der Waals surface area contributed by atoms with Crippen LogP contribution in [0.3, 0.4) is 0 Å². The SMILES string of the molecule is CC(CC(N)=O)Nc1cccc(Br)c1C(N)=S. The molecule has 1 unspecified atom stereocenters. The van der Waals surface area contributed by atoms with Gasteiger partial charge in [0.15, 0.2) is 0 Å². The highest BCUT2D eigenvalue weighted by Gasteiger charge is 2.12. The van der Waals surface area contributed by atoms with Crippen molar-refractivity contribution in [3.8, 4) is 0 Å². The molecule has 1 aromatic rings. The highest BCUT2D eigenvalue weighted by molar-refractivity contribution is 9.10. The monoisotopic (exact) mass is 315 g/mol. The van der Waals surface area contributed by atoms with Crippen molar-refractivity contribution in [2.45, 2.75) is 19.4 Å². The average molecular weight is 316 g/mol. The smallest absolute Gasteiger partial charge is 0.219 e. The van der Waals surface area contributed by atoms with E-state index < -0.39 is 0 Å². The summed E-state index contributed by atoms with van der Waals surface area (Å²) in [4.78, 5) is 11.1. The van der Waals surface area contributed by atoms with E-state index in [1.807, 2.05) is 25.1 Å². The lowest BCUT2D eigenvalue weighted by Gasteiger charge is -2.17. The van der Waals surface area contributed by atoms with Crippen molar-refractivity contribution >= 4 is 44.7 Å². The third kappa shape index (κ3) is 3.98. The zero-order chi connectivity index (χ0) is 13.0. The Labute approximate surface area is 114 Å². The van der Waals surface area contributed by atoms with Gasteiger partial charge in [0.2, 0.25) is 5.91 Å². The van der Waals surface area contributed by atoms with Crippen molar-refractivity contribution in [1.82, 2.24) is 0 Å². The van der Waals surface area contributed by atoms with Crippen LogP contribution in [0.4, 0.5) is 5.69 Å². The van der Waals surface area contributed by atoms with E-state index >= 15 is 0 Å². The van der Waals surface area contributed by atoms with Gasteiger partial charge in [0.05, 0.1) is 0 Å². The van der Waals surface area contributed by atoms with Gasteiger partial charge in [-0.25, -0.2) is 0 Å². The number of hydrogen-bond donors (Lipinski definition) is 3. The summed E-state index contributed by atoms with van der Waals surface area (Å²) in [6.45, 7) is 1.87. The van der Waals surface area contributed by atoms with Gasteiger partial charge in [-0.15, -0.1) is 0 Å². The van der Waals surface area contributed by atoms with Gasteiger partial charge in [-0.3, -0.25) is 4.79 Å². The van der Waals surface area contributed by atoms with Crippen LogP contribution >= 0.6 is 28.1 Å². The van der Waals surface area contributed by atoms with Gasteiger partial charge in [0.1, 0.15) is 4.99 Å². The second kappa shape index (κ2) is 5.97. The van der Waals surface area contributed by atoms with Crippen molar-refractivity contribution in [3.63, 3.8) is 0 Å². The zero-order valence-corrected chi connectivity index (χ0v) is 11.8. The molecule has 1 amide bonds. The predicted octanol–water partition coefficient (Wildman–Crippen LogP) is 1.76. The summed E-state index contributed by atoms with van der Waals surface area (Å²) in [7, 11) is 0. The van der Waals surface area contributed by atoms with Crippen LogP contribution in [0.25, 0.3) is 0 Å². The molecule has 1 rings (SSSR count). The number of nitrogens with one attached hydrogen (secondary N) is 1. The number of primary amides is 1. The molecule has 0 aromatic heterocycles. The first-order valence-corrected chi connectivity index (χ1v) is 6.25. The summed E-state index contributed by atoms with van der Waals surface area (Å²) < 4.78 is 0.821. The van der Waals surface area contributed by atoms with E-state index in [2.05, 4.69) is 21.2 Å². The maximum absolute atomic E-state index is 10.8. The molecule has 1 aromatic carbocycles. The molecule has 0 heterocycles. The molecule has 0 saturated carbocycles. The summed E-state index contributed by atoms with van der Waals surface area (Å²) in [5.74, 6) is -0.350. The Morgan fingerprint density at radius 3 is 2.71 bits per heavy atom. The minimum Gasteiger partial charge on any atom is -0.389 e. The van der Waals surface area contributed by atoms with Gasteiger partial charge >= 0.3 is 0 Å². The molecule has 92 valence electrons. The summed E-state index contributed by atoms with van der Waals surface area (Å²) >= 11 is 8.38. The number of rotatable bonds is 5. The fraction of sp³-hybridized carbons (Fsp3) is 0.273. The summed E-state index contributed by atoms with van der Waals surface area (Å²) in [5.41, 5.74) is 12.3. The number of carbonyl (C=O) groups excluding carboxylic acids is 1. The summed E-state index contributed by atoms with van der Waals surface area (Å²) in [6, 6.07) is 5.51. The maximum Gasteiger partial charge on any atom is 0.219 e. The molecule has 0 aliphatic rings. The zero-order valence-electron chi connectivity index (χ0n) is 9.37. The molecule has 17 heavy (non-hydrogen) atoms. The fourth-order valence-electron chi connectivity index (χ4n) is 1.51. The van der Waals surface area contributed by atoms with E-state index in [-0.39, 0.29) is 18.4 Å². The molecule has 1 atom stereocenters. The largest absolute Gasteiger partial charge is 0.389 e. The molecular weight excluding hydrogens is 302 g/mol. The first-order valence-electron chi connectivity index (χ1n) is 5.05. The van der Waals surface area contributed by atoms with E-state index in [0.717, 1.165) is 15.7 Å². The quantitative estimate of drug-likeness (QED) is 0.723. The third-order valence-corrected chi connectivity index (χ3v) is 3.03. The number of nitrogens with two attached hydrogens (primary N) is 2. The fourth-order valence-corrected chi connectivity index (χ4v) is 2.44. The summed E-state index contributed by atoms with van der Waals surface area (Å²) in [6.07, 6.45) is 0.253. The van der Waals surface area contributed by atoms with Gasteiger partial charge in [-0.2, -0.15) is 0 Å². The van der Waals surface area contributed by atoms with Crippen molar-refractivity contribution in [2.75, 3.05) is 5.32 Å².